The molecular formula is C49H67ClN8O11S2. The molecule has 8 atom stereocenters. The summed E-state index contributed by atoms with van der Waals surface area (Å²) in [4.78, 5) is 70.8. The first-order valence-electron chi connectivity index (χ1n) is 24.9. The fourth-order valence-electron chi connectivity index (χ4n) is 10.2. The molecular weight excluding hydrogens is 976 g/mol. The third kappa shape index (κ3) is 11.8. The number of carbonyl (C=O) groups excluding carboxylic acids is 4. The normalized spacial score (nSPS) is 27.1. The molecule has 388 valence electrons. The summed E-state index contributed by atoms with van der Waals surface area (Å²) >= 11 is 8.58. The van der Waals surface area contributed by atoms with Crippen molar-refractivity contribution in [2.24, 2.45) is 23.2 Å². The summed E-state index contributed by atoms with van der Waals surface area (Å²) < 4.78 is 57.8. The van der Waals surface area contributed by atoms with Crippen LogP contribution in [-0.4, -0.2) is 139 Å². The summed E-state index contributed by atoms with van der Waals surface area (Å²) in [7, 11) is -4.51. The van der Waals surface area contributed by atoms with Crippen LogP contribution in [0.5, 0.6) is 11.5 Å². The average Bonchev–Trinajstić information content (AvgIpc) is 4.21. The molecule has 4 aliphatic carbocycles. The van der Waals surface area contributed by atoms with Gasteiger partial charge in [-0.25, -0.2) is 23.7 Å². The zero-order chi connectivity index (χ0) is 50.6. The lowest BCUT2D eigenvalue weighted by Gasteiger charge is -2.35. The number of aromatic nitrogens is 2. The molecule has 19 nitrogen and oxygen atoms in total. The molecule has 22 heteroatoms. The first-order chi connectivity index (χ1) is 33.6. The van der Waals surface area contributed by atoms with Gasteiger partial charge in [0.15, 0.2) is 5.13 Å². The number of amides is 4. The SMILES string of the molecule is CC[C@@H]1C[C@]1(NC(=O)[C@@H]1C[C@@H](Oc2cc(-c3csc(NC(C)C)n3)nc3c(Cl)c(OCCN4CCOCC4)ccc23)CN1C(=O)[C@@H](NC(=O)O[C@@H]1C[C@@H]2C[C@@H]2C1)C(C)(C)C)C(=O)NS(=O)(=O)OC1(C)CC1. The third-order valence-corrected chi connectivity index (χ3v) is 16.8. The van der Waals surface area contributed by atoms with Gasteiger partial charge in [0.25, 0.3) is 5.91 Å². The molecule has 2 saturated heterocycles. The molecule has 1 aromatic carbocycles. The maximum atomic E-state index is 15.1. The number of pyridine rings is 1. The van der Waals surface area contributed by atoms with Gasteiger partial charge in [-0.2, -0.15) is 8.42 Å². The Morgan fingerprint density at radius 3 is 2.39 bits per heavy atom. The Morgan fingerprint density at radius 2 is 1.73 bits per heavy atom. The van der Waals surface area contributed by atoms with E-state index in [0.717, 1.165) is 32.4 Å². The molecule has 4 saturated carbocycles. The van der Waals surface area contributed by atoms with Crippen LogP contribution in [-0.2, 0) is 38.3 Å². The summed E-state index contributed by atoms with van der Waals surface area (Å²) in [6.45, 7) is 16.9. The molecule has 0 unspecified atom stereocenters. The first kappa shape index (κ1) is 51.4. The van der Waals surface area contributed by atoms with Gasteiger partial charge in [-0.3, -0.25) is 19.3 Å². The largest absolute Gasteiger partial charge is 0.491 e. The number of halogens is 1. The van der Waals surface area contributed by atoms with Crippen LogP contribution in [0, 0.1) is 23.2 Å². The van der Waals surface area contributed by atoms with E-state index in [2.05, 4.69) is 25.6 Å². The Kier molecular flexibility index (Phi) is 14.5. The van der Waals surface area contributed by atoms with Gasteiger partial charge in [-0.1, -0.05) is 45.7 Å². The standard InChI is InChI=1S/C49H67ClN8O11S2/c1-8-30-24-49(30,44(61)56-71(63,64)69-48(7)11-12-48)55-42(59)36-22-32(25-58(36)43(60)41(47(4,5)6)54-46(62)68-31-20-28-19-29(28)21-31)67-38-23-34(35-26-70-45(53-35)51-27(2)3)52-40-33(38)9-10-37(39(40)50)66-18-15-57-13-16-65-17-14-57/h9-10,23,26-32,36,41H,8,11-22,24-25H2,1-7H3,(H,51,53)(H,54,62)(H,55,59)(H,56,61)/t28-,29+,30-,31+,32-,36+,41-,49-/m1/s1. The van der Waals surface area contributed by atoms with Crippen LogP contribution in [0.2, 0.25) is 5.02 Å². The average molecular weight is 1040 g/mol. The molecule has 4 amide bonds. The molecule has 4 heterocycles. The number of hydrogen-bond donors (Lipinski definition) is 4. The van der Waals surface area contributed by atoms with Crippen molar-refractivity contribution >= 4 is 73.1 Å². The molecule has 6 aliphatic rings. The highest BCUT2D eigenvalue weighted by Crippen LogP contribution is 2.53. The van der Waals surface area contributed by atoms with E-state index < -0.39 is 74.8 Å². The van der Waals surface area contributed by atoms with Crippen molar-refractivity contribution in [3.05, 3.63) is 28.6 Å². The molecule has 71 heavy (non-hydrogen) atoms. The number of ether oxygens (including phenoxy) is 4. The van der Waals surface area contributed by atoms with E-state index in [-0.39, 0.29) is 36.6 Å². The van der Waals surface area contributed by atoms with Gasteiger partial charge in [0.2, 0.25) is 11.8 Å². The van der Waals surface area contributed by atoms with Crippen LogP contribution in [0.15, 0.2) is 23.6 Å². The summed E-state index contributed by atoms with van der Waals surface area (Å²) in [5.74, 6) is -0.615. The molecule has 0 bridgehead atoms. The molecule has 0 radical (unpaired) electrons. The molecule has 3 aromatic rings. The Morgan fingerprint density at radius 1 is 1.00 bits per heavy atom. The Hall–Kier alpha value is -4.54. The first-order valence-corrected chi connectivity index (χ1v) is 27.6. The van der Waals surface area contributed by atoms with Crippen molar-refractivity contribution < 1.29 is 50.7 Å². The van der Waals surface area contributed by atoms with Gasteiger partial charge in [-0.05, 0) is 94.6 Å². The number of benzene rings is 1. The maximum Gasteiger partial charge on any atom is 0.408 e. The number of thiazole rings is 1. The number of anilines is 1. The van der Waals surface area contributed by atoms with E-state index >= 15 is 4.79 Å². The number of carbonyl (C=O) groups is 4. The van der Waals surface area contributed by atoms with Crippen LogP contribution in [0.3, 0.4) is 0 Å². The van der Waals surface area contributed by atoms with Gasteiger partial charge in [-0.15, -0.1) is 11.3 Å². The van der Waals surface area contributed by atoms with Crippen molar-refractivity contribution in [2.75, 3.05) is 51.3 Å². The smallest absolute Gasteiger partial charge is 0.408 e. The Balaban J connectivity index is 1.02. The molecule has 2 aliphatic heterocycles. The van der Waals surface area contributed by atoms with Crippen molar-refractivity contribution in [2.45, 2.75) is 141 Å². The van der Waals surface area contributed by atoms with E-state index in [1.54, 1.807) is 19.1 Å². The van der Waals surface area contributed by atoms with Gasteiger partial charge in [0.1, 0.15) is 58.7 Å². The van der Waals surface area contributed by atoms with Crippen molar-refractivity contribution in [3.8, 4) is 22.9 Å². The predicted molar refractivity (Wildman–Crippen MR) is 266 cm³/mol. The van der Waals surface area contributed by atoms with Crippen molar-refractivity contribution in [1.82, 2.24) is 35.1 Å². The van der Waals surface area contributed by atoms with Gasteiger partial charge >= 0.3 is 16.4 Å². The van der Waals surface area contributed by atoms with Crippen LogP contribution >= 0.6 is 22.9 Å². The van der Waals surface area contributed by atoms with Crippen LogP contribution in [0.4, 0.5) is 9.93 Å². The van der Waals surface area contributed by atoms with Crippen LogP contribution < -0.4 is 30.1 Å². The lowest BCUT2D eigenvalue weighted by Crippen LogP contribution is -2.60. The molecule has 6 fully saturated rings. The maximum absolute atomic E-state index is 15.1. The van der Waals surface area contributed by atoms with E-state index in [9.17, 15) is 22.8 Å². The summed E-state index contributed by atoms with van der Waals surface area (Å²) in [5, 5.41) is 12.5. The van der Waals surface area contributed by atoms with E-state index in [0.29, 0.717) is 96.4 Å². The monoisotopic (exact) mass is 1040 g/mol. The van der Waals surface area contributed by atoms with Crippen LogP contribution in [0.1, 0.15) is 99.8 Å². The number of likely N-dealkylation sites (tertiary alicyclic amines) is 1. The summed E-state index contributed by atoms with van der Waals surface area (Å²) in [6.07, 6.45) is 2.60. The number of nitrogens with zero attached hydrogens (tertiary/aromatic N) is 4. The highest BCUT2D eigenvalue weighted by Gasteiger charge is 2.62. The zero-order valence-electron chi connectivity index (χ0n) is 41.5. The van der Waals surface area contributed by atoms with E-state index in [1.807, 2.05) is 53.0 Å². The molecule has 9 rings (SSSR count). The predicted octanol–water partition coefficient (Wildman–Crippen LogP) is 6.05. The van der Waals surface area contributed by atoms with Gasteiger partial charge in [0, 0.05) is 48.9 Å². The lowest BCUT2D eigenvalue weighted by molar-refractivity contribution is -0.143. The van der Waals surface area contributed by atoms with Crippen molar-refractivity contribution in [1.29, 1.82) is 0 Å². The fourth-order valence-corrected chi connectivity index (χ4v) is 12.4. The number of morpholine rings is 1. The van der Waals surface area contributed by atoms with Crippen LogP contribution in [0.25, 0.3) is 22.3 Å². The fraction of sp³-hybridized carbons (Fsp3) is 0.673. The number of hydrogen-bond acceptors (Lipinski definition) is 16. The molecule has 0 spiro atoms. The number of alkyl carbamates (subject to hydrolysis) is 1. The Labute approximate surface area is 424 Å². The minimum absolute atomic E-state index is 0.0350. The molecule has 4 N–H and O–H groups in total. The molecule has 2 aromatic heterocycles. The summed E-state index contributed by atoms with van der Waals surface area (Å²) in [6, 6.07) is 3.11. The quantitative estimate of drug-likeness (QED) is 0.107. The Bertz CT molecular complexity index is 2630. The van der Waals surface area contributed by atoms with Gasteiger partial charge in [0.05, 0.1) is 36.6 Å². The minimum atomic E-state index is -4.51. The lowest BCUT2D eigenvalue weighted by atomic mass is 9.85. The van der Waals surface area contributed by atoms with E-state index in [1.165, 1.54) is 16.2 Å². The topological polar surface area (TPSA) is 229 Å². The second kappa shape index (κ2) is 20.1. The highest BCUT2D eigenvalue weighted by atomic mass is 35.5. The second-order valence-corrected chi connectivity index (χ2v) is 24.3. The summed E-state index contributed by atoms with van der Waals surface area (Å²) in [5.41, 5.74) is -1.90. The van der Waals surface area contributed by atoms with Crippen molar-refractivity contribution in [3.63, 3.8) is 0 Å². The number of fused-ring (bicyclic) bond motifs is 2. The highest BCUT2D eigenvalue weighted by molar-refractivity contribution is 7.85. The zero-order valence-corrected chi connectivity index (χ0v) is 43.9. The van der Waals surface area contributed by atoms with E-state index in [4.69, 9.17) is 44.7 Å². The number of rotatable bonds is 19. The number of nitrogens with one attached hydrogen (secondary N) is 4. The van der Waals surface area contributed by atoms with Gasteiger partial charge < -0.3 is 39.8 Å². The second-order valence-electron chi connectivity index (χ2n) is 21.8. The minimum Gasteiger partial charge on any atom is -0.491 e. The third-order valence-electron chi connectivity index (χ3n) is 14.6.